The number of rotatable bonds is 11. The Labute approximate surface area is 137 Å². The lowest BCUT2D eigenvalue weighted by molar-refractivity contribution is -0.237. The molecule has 1 aromatic carbocycles. The van der Waals surface area contributed by atoms with Crippen LogP contribution in [0, 0.1) is 0 Å². The Hall–Kier alpha value is -0.860. The molecule has 0 heterocycles. The summed E-state index contributed by atoms with van der Waals surface area (Å²) in [5, 5.41) is 0. The summed E-state index contributed by atoms with van der Waals surface area (Å²) in [6.07, 6.45) is 8.89. The maximum absolute atomic E-state index is 5.78. The lowest BCUT2D eigenvalue weighted by Crippen LogP contribution is -2.50. The first-order chi connectivity index (χ1) is 10.5. The summed E-state index contributed by atoms with van der Waals surface area (Å²) in [4.78, 5) is 0. The Bertz CT molecular complexity index is 397. The minimum Gasteiger partial charge on any atom is -0.353 e. The maximum atomic E-state index is 5.78. The van der Waals surface area contributed by atoms with E-state index in [-0.39, 0.29) is 5.41 Å². The van der Waals surface area contributed by atoms with Crippen molar-refractivity contribution >= 4 is 0 Å². The molecule has 1 rings (SSSR count). The topological polar surface area (TPSA) is 18.5 Å². The molecular formula is C20H34O2. The van der Waals surface area contributed by atoms with Crippen molar-refractivity contribution in [3.05, 3.63) is 35.9 Å². The molecule has 2 heteroatoms. The molecule has 0 aliphatic carbocycles. The molecule has 0 amide bonds. The van der Waals surface area contributed by atoms with Gasteiger partial charge in [0.15, 0.2) is 5.79 Å². The molecule has 0 N–H and O–H groups in total. The van der Waals surface area contributed by atoms with Crippen LogP contribution in [0.5, 0.6) is 0 Å². The van der Waals surface area contributed by atoms with E-state index in [1.807, 2.05) is 0 Å². The molecule has 126 valence electrons. The monoisotopic (exact) mass is 306 g/mol. The van der Waals surface area contributed by atoms with Gasteiger partial charge in [0, 0.05) is 19.6 Å². The van der Waals surface area contributed by atoms with Gasteiger partial charge in [-0.3, -0.25) is 0 Å². The molecule has 0 aliphatic rings. The molecule has 0 spiro atoms. The van der Waals surface area contributed by atoms with E-state index in [0.717, 1.165) is 6.42 Å². The van der Waals surface area contributed by atoms with Gasteiger partial charge in [-0.1, -0.05) is 82.7 Å². The number of ether oxygens (including phenoxy) is 2. The first-order valence-corrected chi connectivity index (χ1v) is 8.70. The highest BCUT2D eigenvalue weighted by Crippen LogP contribution is 2.42. The number of hydrogen-bond acceptors (Lipinski definition) is 2. The third-order valence-electron chi connectivity index (χ3n) is 5.22. The number of hydrogen-bond donors (Lipinski definition) is 0. The fourth-order valence-electron chi connectivity index (χ4n) is 3.23. The van der Waals surface area contributed by atoms with Gasteiger partial charge >= 0.3 is 0 Å². The molecule has 0 fully saturated rings. The molecule has 0 bridgehead atoms. The molecule has 0 aliphatic heterocycles. The average Bonchev–Trinajstić information content (AvgIpc) is 2.57. The van der Waals surface area contributed by atoms with E-state index in [1.165, 1.54) is 44.1 Å². The number of unbranched alkanes of at least 4 members (excludes halogenated alkanes) is 5. The standard InChI is InChI=1S/C20H34O2/c1-6-7-8-9-10-14-17-19(2,20(3,21-4)22-5)18-15-12-11-13-16-18/h11-13,15-16H,6-10,14,17H2,1-5H3. The zero-order chi connectivity index (χ0) is 16.5. The lowest BCUT2D eigenvalue weighted by atomic mass is 9.71. The summed E-state index contributed by atoms with van der Waals surface area (Å²) in [6.45, 7) is 6.58. The van der Waals surface area contributed by atoms with Crippen LogP contribution in [-0.2, 0) is 14.9 Å². The van der Waals surface area contributed by atoms with Gasteiger partial charge in [0.1, 0.15) is 0 Å². The third kappa shape index (κ3) is 4.57. The quantitative estimate of drug-likeness (QED) is 0.385. The van der Waals surface area contributed by atoms with Crippen LogP contribution in [-0.4, -0.2) is 20.0 Å². The average molecular weight is 306 g/mol. The first kappa shape index (κ1) is 19.2. The Kier molecular flexibility index (Phi) is 8.13. The highest BCUT2D eigenvalue weighted by Gasteiger charge is 2.46. The molecule has 1 unspecified atom stereocenters. The van der Waals surface area contributed by atoms with E-state index >= 15 is 0 Å². The maximum Gasteiger partial charge on any atom is 0.174 e. The van der Waals surface area contributed by atoms with Gasteiger partial charge in [0.25, 0.3) is 0 Å². The largest absolute Gasteiger partial charge is 0.353 e. The Morgan fingerprint density at radius 2 is 1.36 bits per heavy atom. The van der Waals surface area contributed by atoms with Crippen LogP contribution in [0.1, 0.15) is 71.3 Å². The van der Waals surface area contributed by atoms with Crippen LogP contribution in [0.25, 0.3) is 0 Å². The summed E-state index contributed by atoms with van der Waals surface area (Å²) in [6, 6.07) is 10.6. The van der Waals surface area contributed by atoms with Gasteiger partial charge in [0.05, 0.1) is 0 Å². The number of methoxy groups -OCH3 is 2. The van der Waals surface area contributed by atoms with Crippen LogP contribution in [0.2, 0.25) is 0 Å². The van der Waals surface area contributed by atoms with Gasteiger partial charge in [0.2, 0.25) is 0 Å². The van der Waals surface area contributed by atoms with E-state index in [4.69, 9.17) is 9.47 Å². The highest BCUT2D eigenvalue weighted by atomic mass is 16.7. The fourth-order valence-corrected chi connectivity index (χ4v) is 3.23. The number of benzene rings is 1. The fraction of sp³-hybridized carbons (Fsp3) is 0.700. The van der Waals surface area contributed by atoms with E-state index in [1.54, 1.807) is 14.2 Å². The molecular weight excluding hydrogens is 272 g/mol. The predicted octanol–water partition coefficient (Wildman–Crippen LogP) is 5.70. The summed E-state index contributed by atoms with van der Waals surface area (Å²) >= 11 is 0. The predicted molar refractivity (Wildman–Crippen MR) is 94.2 cm³/mol. The van der Waals surface area contributed by atoms with Crippen LogP contribution >= 0.6 is 0 Å². The summed E-state index contributed by atoms with van der Waals surface area (Å²) in [7, 11) is 3.48. The normalized spacial score (nSPS) is 14.8. The Morgan fingerprint density at radius 3 is 1.91 bits per heavy atom. The van der Waals surface area contributed by atoms with E-state index in [9.17, 15) is 0 Å². The van der Waals surface area contributed by atoms with Crippen LogP contribution < -0.4 is 0 Å². The van der Waals surface area contributed by atoms with Crippen LogP contribution in [0.3, 0.4) is 0 Å². The van der Waals surface area contributed by atoms with Gasteiger partial charge in [-0.05, 0) is 18.9 Å². The van der Waals surface area contributed by atoms with E-state index in [2.05, 4.69) is 51.1 Å². The van der Waals surface area contributed by atoms with Gasteiger partial charge in [-0.15, -0.1) is 0 Å². The van der Waals surface area contributed by atoms with Gasteiger partial charge < -0.3 is 9.47 Å². The molecule has 0 radical (unpaired) electrons. The van der Waals surface area contributed by atoms with Crippen LogP contribution in [0.15, 0.2) is 30.3 Å². The van der Waals surface area contributed by atoms with Crippen molar-refractivity contribution < 1.29 is 9.47 Å². The lowest BCUT2D eigenvalue weighted by Gasteiger charge is -2.45. The molecule has 1 aromatic rings. The summed E-state index contributed by atoms with van der Waals surface area (Å²) < 4.78 is 11.6. The van der Waals surface area contributed by atoms with E-state index < -0.39 is 5.79 Å². The van der Waals surface area contributed by atoms with E-state index in [0.29, 0.717) is 0 Å². The Morgan fingerprint density at radius 1 is 0.818 bits per heavy atom. The minimum atomic E-state index is -0.613. The van der Waals surface area contributed by atoms with Crippen molar-refractivity contribution in [2.45, 2.75) is 76.9 Å². The SMILES string of the molecule is CCCCCCCCC(C)(c1ccccc1)C(C)(OC)OC. The summed E-state index contributed by atoms with van der Waals surface area (Å²) in [5.74, 6) is -0.613. The van der Waals surface area contributed by atoms with Gasteiger partial charge in [-0.2, -0.15) is 0 Å². The zero-order valence-corrected chi connectivity index (χ0v) is 15.2. The molecule has 1 atom stereocenters. The molecule has 2 nitrogen and oxygen atoms in total. The minimum absolute atomic E-state index is 0.150. The van der Waals surface area contributed by atoms with Crippen molar-refractivity contribution in [1.82, 2.24) is 0 Å². The molecule has 0 aromatic heterocycles. The summed E-state index contributed by atoms with van der Waals surface area (Å²) in [5.41, 5.74) is 1.14. The smallest absolute Gasteiger partial charge is 0.174 e. The first-order valence-electron chi connectivity index (χ1n) is 8.70. The van der Waals surface area contributed by atoms with Crippen molar-refractivity contribution in [3.8, 4) is 0 Å². The van der Waals surface area contributed by atoms with Crippen molar-refractivity contribution in [2.24, 2.45) is 0 Å². The van der Waals surface area contributed by atoms with Crippen LogP contribution in [0.4, 0.5) is 0 Å². The molecule has 0 saturated carbocycles. The third-order valence-corrected chi connectivity index (χ3v) is 5.22. The second-order valence-corrected chi connectivity index (χ2v) is 6.57. The highest BCUT2D eigenvalue weighted by molar-refractivity contribution is 5.27. The van der Waals surface area contributed by atoms with Gasteiger partial charge in [-0.25, -0.2) is 0 Å². The zero-order valence-electron chi connectivity index (χ0n) is 15.2. The Balaban J connectivity index is 2.80. The molecule has 22 heavy (non-hydrogen) atoms. The second kappa shape index (κ2) is 9.32. The van der Waals surface area contributed by atoms with Crippen molar-refractivity contribution in [2.75, 3.05) is 14.2 Å². The molecule has 0 saturated heterocycles. The second-order valence-electron chi connectivity index (χ2n) is 6.57. The van der Waals surface area contributed by atoms with Crippen molar-refractivity contribution in [3.63, 3.8) is 0 Å². The van der Waals surface area contributed by atoms with Crippen molar-refractivity contribution in [1.29, 1.82) is 0 Å².